The van der Waals surface area contributed by atoms with Gasteiger partial charge in [0.25, 0.3) is 5.91 Å². The topological polar surface area (TPSA) is 104 Å². The highest BCUT2D eigenvalue weighted by molar-refractivity contribution is 6.04. The van der Waals surface area contributed by atoms with Gasteiger partial charge < -0.3 is 40.0 Å². The number of nitrogens with zero attached hydrogens (tertiary/aromatic N) is 2. The van der Waals surface area contributed by atoms with Crippen LogP contribution in [0.2, 0.25) is 0 Å². The van der Waals surface area contributed by atoms with E-state index < -0.39 is 6.03 Å². The second-order valence-corrected chi connectivity index (χ2v) is 9.69. The van der Waals surface area contributed by atoms with E-state index in [9.17, 15) is 9.59 Å². The number of methoxy groups -OCH3 is 3. The highest BCUT2D eigenvalue weighted by atomic mass is 16.5. The quantitative estimate of drug-likeness (QED) is 0.353. The molecule has 4 rings (SSSR count). The molecule has 1 saturated heterocycles. The van der Waals surface area contributed by atoms with Crippen LogP contribution in [0, 0.1) is 0 Å². The molecule has 1 fully saturated rings. The number of anilines is 4. The number of rotatable bonds is 9. The maximum atomic E-state index is 13.2. The van der Waals surface area contributed by atoms with E-state index in [0.29, 0.717) is 28.4 Å². The molecule has 1 heterocycles. The van der Waals surface area contributed by atoms with Crippen LogP contribution in [0.15, 0.2) is 60.7 Å². The summed E-state index contributed by atoms with van der Waals surface area (Å²) in [6.07, 6.45) is 0. The normalized spacial score (nSPS) is 13.1. The molecule has 0 spiro atoms. The van der Waals surface area contributed by atoms with E-state index >= 15 is 0 Å². The number of carbonyl (C=O) groups excluding carboxylic acids is 2. The van der Waals surface area contributed by atoms with Crippen molar-refractivity contribution in [2.45, 2.75) is 19.9 Å². The molecule has 0 bridgehead atoms. The van der Waals surface area contributed by atoms with E-state index in [1.54, 1.807) is 51.7 Å². The van der Waals surface area contributed by atoms with E-state index in [4.69, 9.17) is 14.2 Å². The zero-order valence-electron chi connectivity index (χ0n) is 23.6. The Balaban J connectivity index is 1.51. The second-order valence-electron chi connectivity index (χ2n) is 9.69. The molecule has 1 aliphatic rings. The number of ether oxygens (including phenoxy) is 3. The monoisotopic (exact) mass is 547 g/mol. The first-order valence-electron chi connectivity index (χ1n) is 13.2. The van der Waals surface area contributed by atoms with Crippen molar-refractivity contribution in [3.63, 3.8) is 0 Å². The van der Waals surface area contributed by atoms with Crippen molar-refractivity contribution in [1.82, 2.24) is 5.32 Å². The van der Waals surface area contributed by atoms with Gasteiger partial charge in [-0.15, -0.1) is 0 Å². The van der Waals surface area contributed by atoms with Gasteiger partial charge in [0.1, 0.15) is 17.2 Å². The maximum Gasteiger partial charge on any atom is 0.323 e. The zero-order chi connectivity index (χ0) is 28.6. The molecular weight excluding hydrogens is 510 g/mol. The number of urea groups is 1. The Morgan fingerprint density at radius 2 is 1.32 bits per heavy atom. The SMILES string of the molecule is COc1cc(NC(=O)Nc2ccc(N3CCN(c4ccccc4OC)CC3)c(C(=O)NC(C)C)c2)cc(OC)c1. The Kier molecular flexibility index (Phi) is 9.21. The molecule has 40 heavy (non-hydrogen) atoms. The zero-order valence-corrected chi connectivity index (χ0v) is 23.6. The summed E-state index contributed by atoms with van der Waals surface area (Å²) >= 11 is 0. The molecule has 0 aromatic heterocycles. The summed E-state index contributed by atoms with van der Waals surface area (Å²) < 4.78 is 16.1. The van der Waals surface area contributed by atoms with Crippen molar-refractivity contribution < 1.29 is 23.8 Å². The third kappa shape index (κ3) is 6.88. The van der Waals surface area contributed by atoms with Crippen molar-refractivity contribution in [3.8, 4) is 17.2 Å². The van der Waals surface area contributed by atoms with Gasteiger partial charge in [0, 0.05) is 67.5 Å². The van der Waals surface area contributed by atoms with Gasteiger partial charge in [0.05, 0.1) is 32.6 Å². The summed E-state index contributed by atoms with van der Waals surface area (Å²) in [6.45, 7) is 6.84. The van der Waals surface area contributed by atoms with Crippen LogP contribution < -0.4 is 40.0 Å². The van der Waals surface area contributed by atoms with Crippen LogP contribution in [0.3, 0.4) is 0 Å². The van der Waals surface area contributed by atoms with Gasteiger partial charge in [0.2, 0.25) is 0 Å². The van der Waals surface area contributed by atoms with E-state index in [1.807, 2.05) is 38.1 Å². The van der Waals surface area contributed by atoms with Gasteiger partial charge in [0.15, 0.2) is 0 Å². The van der Waals surface area contributed by atoms with Crippen LogP contribution in [0.25, 0.3) is 0 Å². The number of carbonyl (C=O) groups is 2. The lowest BCUT2D eigenvalue weighted by atomic mass is 10.1. The molecule has 0 atom stereocenters. The van der Waals surface area contributed by atoms with Crippen molar-refractivity contribution in [2.75, 3.05) is 67.9 Å². The summed E-state index contributed by atoms with van der Waals surface area (Å²) in [4.78, 5) is 30.5. The number of benzene rings is 3. The maximum absolute atomic E-state index is 13.2. The van der Waals surface area contributed by atoms with E-state index in [0.717, 1.165) is 43.3 Å². The van der Waals surface area contributed by atoms with E-state index in [2.05, 4.69) is 31.8 Å². The number of piperazine rings is 1. The molecule has 0 radical (unpaired) electrons. The standard InChI is InChI=1S/C30H37N5O5/c1-20(2)31-29(36)25-18-21(32-30(37)33-22-16-23(38-3)19-24(17-22)39-4)10-11-26(25)34-12-14-35(15-13-34)27-8-6-7-9-28(27)40-5/h6-11,16-20H,12-15H2,1-5H3,(H,31,36)(H2,32,33,37). The predicted molar refractivity (Wildman–Crippen MR) is 159 cm³/mol. The predicted octanol–water partition coefficient (Wildman–Crippen LogP) is 4.82. The number of hydrogen-bond acceptors (Lipinski definition) is 7. The van der Waals surface area contributed by atoms with Crippen LogP contribution in [0.1, 0.15) is 24.2 Å². The van der Waals surface area contributed by atoms with Crippen LogP contribution >= 0.6 is 0 Å². The number of para-hydroxylation sites is 2. The van der Waals surface area contributed by atoms with E-state index in [-0.39, 0.29) is 11.9 Å². The first-order chi connectivity index (χ1) is 19.3. The molecule has 0 aliphatic carbocycles. The minimum Gasteiger partial charge on any atom is -0.497 e. The lowest BCUT2D eigenvalue weighted by molar-refractivity contribution is 0.0943. The molecule has 10 nitrogen and oxygen atoms in total. The average Bonchev–Trinajstić information content (AvgIpc) is 2.96. The second kappa shape index (κ2) is 13.0. The molecule has 3 aromatic rings. The number of hydrogen-bond donors (Lipinski definition) is 3. The van der Waals surface area contributed by atoms with Gasteiger partial charge in [-0.1, -0.05) is 12.1 Å². The smallest absolute Gasteiger partial charge is 0.323 e. The van der Waals surface area contributed by atoms with Crippen molar-refractivity contribution in [3.05, 3.63) is 66.2 Å². The van der Waals surface area contributed by atoms with Gasteiger partial charge in [-0.25, -0.2) is 4.79 Å². The lowest BCUT2D eigenvalue weighted by Crippen LogP contribution is -2.47. The Morgan fingerprint density at radius 3 is 1.93 bits per heavy atom. The molecular formula is C30H37N5O5. The molecule has 3 amide bonds. The highest BCUT2D eigenvalue weighted by Gasteiger charge is 2.24. The van der Waals surface area contributed by atoms with Crippen molar-refractivity contribution in [2.24, 2.45) is 0 Å². The highest BCUT2D eigenvalue weighted by Crippen LogP contribution is 2.31. The Labute approximate surface area is 235 Å². The fourth-order valence-corrected chi connectivity index (χ4v) is 4.66. The Morgan fingerprint density at radius 1 is 0.725 bits per heavy atom. The summed E-state index contributed by atoms with van der Waals surface area (Å²) in [7, 11) is 4.77. The average molecular weight is 548 g/mol. The molecule has 212 valence electrons. The molecule has 0 saturated carbocycles. The third-order valence-corrected chi connectivity index (χ3v) is 6.57. The van der Waals surface area contributed by atoms with Gasteiger partial charge in [-0.2, -0.15) is 0 Å². The minimum atomic E-state index is -0.455. The first-order valence-corrected chi connectivity index (χ1v) is 13.2. The van der Waals surface area contributed by atoms with Gasteiger partial charge in [-0.3, -0.25) is 4.79 Å². The summed E-state index contributed by atoms with van der Waals surface area (Å²) in [5.41, 5.74) is 3.39. The van der Waals surface area contributed by atoms with Crippen LogP contribution in [-0.2, 0) is 0 Å². The van der Waals surface area contributed by atoms with Crippen LogP contribution in [0.4, 0.5) is 27.5 Å². The number of nitrogens with one attached hydrogen (secondary N) is 3. The lowest BCUT2D eigenvalue weighted by Gasteiger charge is -2.38. The Bertz CT molecular complexity index is 1320. The summed E-state index contributed by atoms with van der Waals surface area (Å²) in [5, 5.41) is 8.61. The van der Waals surface area contributed by atoms with Crippen molar-refractivity contribution in [1.29, 1.82) is 0 Å². The molecule has 3 aromatic carbocycles. The largest absolute Gasteiger partial charge is 0.497 e. The number of amides is 3. The summed E-state index contributed by atoms with van der Waals surface area (Å²) in [5.74, 6) is 1.75. The molecule has 0 unspecified atom stereocenters. The Hall–Kier alpha value is -4.60. The van der Waals surface area contributed by atoms with Gasteiger partial charge >= 0.3 is 6.03 Å². The third-order valence-electron chi connectivity index (χ3n) is 6.57. The molecule has 1 aliphatic heterocycles. The fourth-order valence-electron chi connectivity index (χ4n) is 4.66. The fraction of sp³-hybridized carbons (Fsp3) is 0.333. The van der Waals surface area contributed by atoms with Crippen LogP contribution in [0.5, 0.6) is 17.2 Å². The first kappa shape index (κ1) is 28.4. The molecule has 10 heteroatoms. The summed E-state index contributed by atoms with van der Waals surface area (Å²) in [6, 6.07) is 18.0. The van der Waals surface area contributed by atoms with Crippen LogP contribution in [-0.4, -0.2) is 65.5 Å². The van der Waals surface area contributed by atoms with Crippen molar-refractivity contribution >= 4 is 34.7 Å². The molecule has 3 N–H and O–H groups in total. The van der Waals surface area contributed by atoms with Gasteiger partial charge in [-0.05, 0) is 44.2 Å². The minimum absolute atomic E-state index is 0.0364. The van der Waals surface area contributed by atoms with E-state index in [1.165, 1.54) is 0 Å².